The lowest BCUT2D eigenvalue weighted by Gasteiger charge is -2.37. The van der Waals surface area contributed by atoms with Crippen molar-refractivity contribution < 1.29 is 53.0 Å². The third-order valence-corrected chi connectivity index (χ3v) is 12.7. The van der Waals surface area contributed by atoms with Crippen LogP contribution in [0.2, 0.25) is 0 Å². The summed E-state index contributed by atoms with van der Waals surface area (Å²) in [6.07, 6.45) is 1.61. The zero-order valence-electron chi connectivity index (χ0n) is 41.4. The Morgan fingerprint density at radius 1 is 0.824 bits per heavy atom. The van der Waals surface area contributed by atoms with Gasteiger partial charge in [-0.25, -0.2) is 4.79 Å². The monoisotopic (exact) mass is 972 g/mol. The smallest absolute Gasteiger partial charge is 0.419 e. The molecular formula is C47H73N9O11S. The number of hydrogen-bond acceptors (Lipinski definition) is 12. The summed E-state index contributed by atoms with van der Waals surface area (Å²) in [6, 6.07) is 0.104. The Kier molecular flexibility index (Phi) is 20.4. The number of rotatable bonds is 22. The molecule has 1 aliphatic rings. The maximum absolute atomic E-state index is 14.4. The fraction of sp³-hybridized carbons (Fsp3) is 0.638. The minimum Gasteiger partial charge on any atom is -0.480 e. The number of benzene rings is 1. The van der Waals surface area contributed by atoms with E-state index in [9.17, 15) is 43.2 Å². The minimum absolute atomic E-state index is 0.0520. The molecule has 7 amide bonds. The van der Waals surface area contributed by atoms with Gasteiger partial charge in [-0.05, 0) is 83.8 Å². The van der Waals surface area contributed by atoms with Crippen molar-refractivity contribution in [1.29, 1.82) is 0 Å². The van der Waals surface area contributed by atoms with Gasteiger partial charge in [-0.1, -0.05) is 66.2 Å². The fourth-order valence-corrected chi connectivity index (χ4v) is 8.96. The molecule has 1 aromatic heterocycles. The number of nitrogens with zero attached hydrogens (tertiary/aromatic N) is 2. The molecule has 21 heteroatoms. The molecule has 1 aliphatic heterocycles. The number of amides is 7. The molecule has 0 bridgehead atoms. The number of aliphatic carboxylic acids is 1. The van der Waals surface area contributed by atoms with Crippen LogP contribution in [0.1, 0.15) is 108 Å². The summed E-state index contributed by atoms with van der Waals surface area (Å²) in [5.41, 5.74) is 5.89. The summed E-state index contributed by atoms with van der Waals surface area (Å²) in [6.45, 7) is 20.1. The van der Waals surface area contributed by atoms with E-state index in [0.29, 0.717) is 22.9 Å². The number of ether oxygens (including phenoxy) is 1. The van der Waals surface area contributed by atoms with Gasteiger partial charge in [0.2, 0.25) is 41.4 Å². The van der Waals surface area contributed by atoms with Crippen LogP contribution >= 0.6 is 11.8 Å². The van der Waals surface area contributed by atoms with E-state index in [0.717, 1.165) is 0 Å². The third-order valence-electron chi connectivity index (χ3n) is 11.3. The summed E-state index contributed by atoms with van der Waals surface area (Å²) in [5.74, 6) is -6.30. The van der Waals surface area contributed by atoms with Crippen LogP contribution in [0.25, 0.3) is 10.9 Å². The molecule has 1 saturated heterocycles. The molecule has 3 rings (SSSR count). The van der Waals surface area contributed by atoms with E-state index in [1.54, 1.807) is 72.0 Å². The van der Waals surface area contributed by atoms with Crippen LogP contribution in [0.3, 0.4) is 0 Å². The second-order valence-corrected chi connectivity index (χ2v) is 21.2. The van der Waals surface area contributed by atoms with E-state index >= 15 is 0 Å². The lowest BCUT2D eigenvalue weighted by molar-refractivity contribution is -0.145. The van der Waals surface area contributed by atoms with Crippen molar-refractivity contribution in [1.82, 2.24) is 41.4 Å². The molecule has 2 aromatic rings. The first-order valence-electron chi connectivity index (χ1n) is 23.1. The van der Waals surface area contributed by atoms with E-state index in [-0.39, 0.29) is 36.9 Å². The van der Waals surface area contributed by atoms with E-state index in [2.05, 4.69) is 31.9 Å². The standard InChI is InChI=1S/C47H73N9O11S/c1-13-27(6)38(43(64)53-31(18-25(2)3)39(60)49-22-37(58)59)54-42(63)35-24-68-47(11,12)56(35)44(65)28(7)50-40(61)32(19-26(4)5)52-41(62)33(51-36(57)21-48)20-29-23-55(45(66)67-46(8,9)10)34-17-15-14-16-30(29)34/h14-17,23,25-28,31-33,35,38H,13,18-22,24,48H2,1-12H3,(H,49,60)(H,50,61)(H,51,57)(H,52,62)(H,53,64)(H,54,63)(H,58,59)/t27-,28-,31-,32-,33-,35-,38-/m0/s1. The second kappa shape index (κ2) is 24.5. The first-order valence-corrected chi connectivity index (χ1v) is 24.1. The van der Waals surface area contributed by atoms with Gasteiger partial charge in [-0.3, -0.25) is 42.9 Å². The van der Waals surface area contributed by atoms with Gasteiger partial charge in [0, 0.05) is 23.8 Å². The van der Waals surface area contributed by atoms with Crippen LogP contribution in [0.4, 0.5) is 4.79 Å². The van der Waals surface area contributed by atoms with Crippen LogP contribution in [-0.4, -0.2) is 134 Å². The molecule has 0 unspecified atom stereocenters. The van der Waals surface area contributed by atoms with Gasteiger partial charge in [-0.2, -0.15) is 0 Å². The van der Waals surface area contributed by atoms with Crippen molar-refractivity contribution in [2.45, 2.75) is 155 Å². The van der Waals surface area contributed by atoms with Crippen molar-refractivity contribution in [2.24, 2.45) is 23.5 Å². The molecule has 0 aliphatic carbocycles. The van der Waals surface area contributed by atoms with E-state index in [4.69, 9.17) is 15.6 Å². The highest BCUT2D eigenvalue weighted by Gasteiger charge is 2.49. The number of hydrogen-bond donors (Lipinski definition) is 8. The number of aromatic nitrogens is 1. The van der Waals surface area contributed by atoms with E-state index < -0.39 is 119 Å². The highest BCUT2D eigenvalue weighted by molar-refractivity contribution is 8.00. The van der Waals surface area contributed by atoms with E-state index in [1.165, 1.54) is 28.2 Å². The number of carboxylic acids is 1. The molecule has 20 nitrogen and oxygen atoms in total. The topological polar surface area (TPSA) is 289 Å². The quantitative estimate of drug-likeness (QED) is 0.0843. The van der Waals surface area contributed by atoms with Gasteiger partial charge in [0.1, 0.15) is 48.4 Å². The van der Waals surface area contributed by atoms with Crippen molar-refractivity contribution in [3.63, 3.8) is 0 Å². The summed E-state index contributed by atoms with van der Waals surface area (Å²) < 4.78 is 6.94. The molecule has 9 N–H and O–H groups in total. The van der Waals surface area contributed by atoms with Gasteiger partial charge in [0.05, 0.1) is 16.9 Å². The first-order chi connectivity index (χ1) is 31.6. The molecule has 0 saturated carbocycles. The predicted octanol–water partition coefficient (Wildman–Crippen LogP) is 2.39. The Labute approximate surface area is 403 Å². The molecule has 1 fully saturated rings. The lowest BCUT2D eigenvalue weighted by Crippen LogP contribution is -2.62. The largest absolute Gasteiger partial charge is 0.480 e. The first kappa shape index (κ1) is 56.6. The lowest BCUT2D eigenvalue weighted by atomic mass is 9.96. The van der Waals surface area contributed by atoms with Gasteiger partial charge in [0.25, 0.3) is 0 Å². The van der Waals surface area contributed by atoms with Gasteiger partial charge >= 0.3 is 12.1 Å². The number of nitrogens with two attached hydrogens (primary N) is 1. The normalized spacial score (nSPS) is 17.3. The number of para-hydroxylation sites is 1. The molecule has 378 valence electrons. The molecule has 1 aromatic carbocycles. The molecule has 0 spiro atoms. The van der Waals surface area contributed by atoms with Gasteiger partial charge in [0.15, 0.2) is 0 Å². The molecular weight excluding hydrogens is 899 g/mol. The van der Waals surface area contributed by atoms with Crippen molar-refractivity contribution in [3.05, 3.63) is 36.0 Å². The Bertz CT molecular complexity index is 2170. The molecule has 0 radical (unpaired) electrons. The van der Waals surface area contributed by atoms with Crippen LogP contribution in [-0.2, 0) is 49.5 Å². The zero-order chi connectivity index (χ0) is 51.4. The Hall–Kier alpha value is -5.70. The second-order valence-electron chi connectivity index (χ2n) is 19.6. The Morgan fingerprint density at radius 3 is 1.96 bits per heavy atom. The number of carbonyl (C=O) groups is 9. The third kappa shape index (κ3) is 16.0. The number of carboxylic acid groups (broad SMARTS) is 1. The summed E-state index contributed by atoms with van der Waals surface area (Å²) in [7, 11) is 0. The predicted molar refractivity (Wildman–Crippen MR) is 258 cm³/mol. The van der Waals surface area contributed by atoms with Crippen LogP contribution < -0.4 is 37.6 Å². The number of fused-ring (bicyclic) bond motifs is 1. The molecule has 7 atom stereocenters. The molecule has 2 heterocycles. The average Bonchev–Trinajstić information content (AvgIpc) is 3.78. The van der Waals surface area contributed by atoms with E-state index in [1.807, 2.05) is 34.6 Å². The average molecular weight is 972 g/mol. The maximum atomic E-state index is 14.4. The summed E-state index contributed by atoms with van der Waals surface area (Å²) in [4.78, 5) is 121. The van der Waals surface area contributed by atoms with Crippen LogP contribution in [0.15, 0.2) is 30.5 Å². The minimum atomic E-state index is -1.25. The fourth-order valence-electron chi connectivity index (χ4n) is 7.73. The Balaban J connectivity index is 1.85. The SMILES string of the molecule is CC[C@H](C)[C@H](NC(=O)[C@@H]1CSC(C)(C)N1C(=O)[C@H](C)NC(=O)[C@H](CC(C)C)NC(=O)[C@H](Cc1cn(C(=O)OC(C)(C)C)c2ccccc12)NC(=O)CN)C(=O)N[C@@H](CC(C)C)C(=O)NCC(=O)O. The Morgan fingerprint density at radius 2 is 1.40 bits per heavy atom. The number of nitrogens with one attached hydrogen (secondary N) is 6. The number of thioether (sulfide) groups is 1. The number of carbonyl (C=O) groups excluding carboxylic acids is 8. The van der Waals surface area contributed by atoms with Crippen molar-refractivity contribution in [3.8, 4) is 0 Å². The van der Waals surface area contributed by atoms with Gasteiger partial charge in [-0.15, -0.1) is 11.8 Å². The summed E-state index contributed by atoms with van der Waals surface area (Å²) in [5, 5.41) is 25.6. The van der Waals surface area contributed by atoms with Gasteiger partial charge < -0.3 is 52.4 Å². The molecule has 68 heavy (non-hydrogen) atoms. The van der Waals surface area contributed by atoms with Crippen molar-refractivity contribution >= 4 is 76.1 Å². The zero-order valence-corrected chi connectivity index (χ0v) is 42.3. The summed E-state index contributed by atoms with van der Waals surface area (Å²) >= 11 is 1.33. The highest BCUT2D eigenvalue weighted by atomic mass is 32.2. The van der Waals surface area contributed by atoms with Crippen LogP contribution in [0.5, 0.6) is 0 Å². The highest BCUT2D eigenvalue weighted by Crippen LogP contribution is 2.39. The van der Waals surface area contributed by atoms with Crippen LogP contribution in [0, 0.1) is 17.8 Å². The van der Waals surface area contributed by atoms with Crippen molar-refractivity contribution in [2.75, 3.05) is 18.8 Å². The maximum Gasteiger partial charge on any atom is 0.419 e.